The van der Waals surface area contributed by atoms with E-state index in [-0.39, 0.29) is 6.29 Å². The first-order valence-electron chi connectivity index (χ1n) is 7.96. The molecule has 0 amide bonds. The predicted octanol–water partition coefficient (Wildman–Crippen LogP) is 5.61. The summed E-state index contributed by atoms with van der Waals surface area (Å²) in [5.41, 5.74) is 3.88. The topological polar surface area (TPSA) is 18.5 Å². The summed E-state index contributed by atoms with van der Waals surface area (Å²) < 4.78 is 11.3. The largest absolute Gasteiger partial charge is 0.465 e. The van der Waals surface area contributed by atoms with Crippen LogP contribution in [0, 0.1) is 6.92 Å². The molecule has 0 aromatic heterocycles. The van der Waals surface area contributed by atoms with Gasteiger partial charge in [0, 0.05) is 6.61 Å². The van der Waals surface area contributed by atoms with E-state index in [0.717, 1.165) is 24.2 Å². The summed E-state index contributed by atoms with van der Waals surface area (Å²) in [6.07, 6.45) is 4.39. The minimum atomic E-state index is -0.204. The molecule has 0 aliphatic rings. The predicted molar refractivity (Wildman–Crippen MR) is 90.0 cm³/mol. The highest BCUT2D eigenvalue weighted by molar-refractivity contribution is 5.38. The Hall–Kier alpha value is -1.28. The molecule has 0 aliphatic heterocycles. The van der Waals surface area contributed by atoms with Crippen LogP contribution in [0.5, 0.6) is 5.75 Å². The fraction of sp³-hybridized carbons (Fsp3) is 0.579. The lowest BCUT2D eigenvalue weighted by molar-refractivity contribution is -0.0617. The maximum Gasteiger partial charge on any atom is 0.196 e. The average Bonchev–Trinajstić information content (AvgIpc) is 2.41. The van der Waals surface area contributed by atoms with Gasteiger partial charge in [0.05, 0.1) is 0 Å². The maximum atomic E-state index is 5.88. The van der Waals surface area contributed by atoms with Crippen LogP contribution in [0.3, 0.4) is 0 Å². The molecule has 2 atom stereocenters. The summed E-state index contributed by atoms with van der Waals surface area (Å²) in [5.74, 6) is 1.47. The standard InChI is InChI=1S/C19H30O2/c1-7-20-17(6)21-19-13-18(12-11-16(19)5)15(4)10-8-9-14(2)3/h9,11-13,15,17H,7-8,10H2,1-6H3. The lowest BCUT2D eigenvalue weighted by atomic mass is 9.94. The molecule has 2 nitrogen and oxygen atoms in total. The lowest BCUT2D eigenvalue weighted by Gasteiger charge is -2.18. The van der Waals surface area contributed by atoms with Gasteiger partial charge in [-0.15, -0.1) is 0 Å². The molecule has 0 N–H and O–H groups in total. The Kier molecular flexibility index (Phi) is 7.52. The minimum absolute atomic E-state index is 0.204. The van der Waals surface area contributed by atoms with Crippen LogP contribution in [-0.4, -0.2) is 12.9 Å². The third-order valence-electron chi connectivity index (χ3n) is 3.63. The third-order valence-corrected chi connectivity index (χ3v) is 3.63. The smallest absolute Gasteiger partial charge is 0.196 e. The molecule has 1 rings (SSSR count). The zero-order chi connectivity index (χ0) is 15.8. The summed E-state index contributed by atoms with van der Waals surface area (Å²) in [7, 11) is 0. The second kappa shape index (κ2) is 8.89. The molecule has 0 aliphatic carbocycles. The summed E-state index contributed by atoms with van der Waals surface area (Å²) in [5, 5.41) is 0. The van der Waals surface area contributed by atoms with Gasteiger partial charge in [0.25, 0.3) is 0 Å². The molecule has 1 aromatic rings. The quantitative estimate of drug-likeness (QED) is 0.458. The first-order chi connectivity index (χ1) is 9.93. The van der Waals surface area contributed by atoms with Crippen molar-refractivity contribution in [2.24, 2.45) is 0 Å². The molecule has 2 unspecified atom stereocenters. The van der Waals surface area contributed by atoms with Crippen molar-refractivity contribution in [1.82, 2.24) is 0 Å². The van der Waals surface area contributed by atoms with Gasteiger partial charge < -0.3 is 9.47 Å². The number of benzene rings is 1. The molecule has 0 heterocycles. The SMILES string of the molecule is CCOC(C)Oc1cc(C(C)CCC=C(C)C)ccc1C. The second-order valence-corrected chi connectivity index (χ2v) is 5.93. The zero-order valence-electron chi connectivity index (χ0n) is 14.4. The van der Waals surface area contributed by atoms with Crippen LogP contribution in [-0.2, 0) is 4.74 Å². The van der Waals surface area contributed by atoms with Crippen molar-refractivity contribution >= 4 is 0 Å². The van der Waals surface area contributed by atoms with Gasteiger partial charge in [-0.25, -0.2) is 0 Å². The van der Waals surface area contributed by atoms with Crippen LogP contribution in [0.2, 0.25) is 0 Å². The summed E-state index contributed by atoms with van der Waals surface area (Å²) in [6.45, 7) is 13.2. The van der Waals surface area contributed by atoms with E-state index in [4.69, 9.17) is 9.47 Å². The van der Waals surface area contributed by atoms with Gasteiger partial charge in [-0.3, -0.25) is 0 Å². The highest BCUT2D eigenvalue weighted by Crippen LogP contribution is 2.28. The Balaban J connectivity index is 2.73. The van der Waals surface area contributed by atoms with E-state index < -0.39 is 0 Å². The van der Waals surface area contributed by atoms with E-state index in [1.165, 1.54) is 11.1 Å². The molecule has 0 saturated heterocycles. The molecular formula is C19H30O2. The van der Waals surface area contributed by atoms with Crippen molar-refractivity contribution in [1.29, 1.82) is 0 Å². The van der Waals surface area contributed by atoms with Gasteiger partial charge in [-0.2, -0.15) is 0 Å². The van der Waals surface area contributed by atoms with Gasteiger partial charge >= 0.3 is 0 Å². The molecule has 1 aromatic carbocycles. The zero-order valence-corrected chi connectivity index (χ0v) is 14.4. The Morgan fingerprint density at radius 3 is 2.57 bits per heavy atom. The molecule has 0 saturated carbocycles. The molecule has 0 bridgehead atoms. The molecule has 2 heteroatoms. The highest BCUT2D eigenvalue weighted by atomic mass is 16.7. The number of hydrogen-bond acceptors (Lipinski definition) is 2. The Morgan fingerprint density at radius 2 is 1.95 bits per heavy atom. The van der Waals surface area contributed by atoms with Gasteiger partial charge in [0.2, 0.25) is 0 Å². The van der Waals surface area contributed by atoms with Crippen LogP contribution < -0.4 is 4.74 Å². The monoisotopic (exact) mass is 290 g/mol. The van der Waals surface area contributed by atoms with Crippen LogP contribution in [0.1, 0.15) is 64.5 Å². The van der Waals surface area contributed by atoms with Gasteiger partial charge in [0.1, 0.15) is 5.75 Å². The van der Waals surface area contributed by atoms with Crippen LogP contribution in [0.4, 0.5) is 0 Å². The maximum absolute atomic E-state index is 5.88. The molecule has 118 valence electrons. The Bertz CT molecular complexity index is 459. The van der Waals surface area contributed by atoms with Gasteiger partial charge in [-0.05, 0) is 70.6 Å². The van der Waals surface area contributed by atoms with E-state index in [1.54, 1.807) is 0 Å². The lowest BCUT2D eigenvalue weighted by Crippen LogP contribution is -2.16. The molecule has 0 spiro atoms. The average molecular weight is 290 g/mol. The van der Waals surface area contributed by atoms with Crippen molar-refractivity contribution < 1.29 is 9.47 Å². The Labute approximate surface area is 130 Å². The van der Waals surface area contributed by atoms with E-state index in [0.29, 0.717) is 12.5 Å². The van der Waals surface area contributed by atoms with Crippen LogP contribution in [0.25, 0.3) is 0 Å². The first-order valence-corrected chi connectivity index (χ1v) is 7.96. The second-order valence-electron chi connectivity index (χ2n) is 5.93. The fourth-order valence-corrected chi connectivity index (χ4v) is 2.29. The van der Waals surface area contributed by atoms with E-state index in [9.17, 15) is 0 Å². The minimum Gasteiger partial charge on any atom is -0.465 e. The van der Waals surface area contributed by atoms with E-state index >= 15 is 0 Å². The molecule has 0 fully saturated rings. The van der Waals surface area contributed by atoms with Crippen LogP contribution >= 0.6 is 0 Å². The normalized spacial score (nSPS) is 13.6. The third kappa shape index (κ3) is 6.34. The van der Waals surface area contributed by atoms with Crippen molar-refractivity contribution in [3.8, 4) is 5.75 Å². The highest BCUT2D eigenvalue weighted by Gasteiger charge is 2.10. The van der Waals surface area contributed by atoms with Gasteiger partial charge in [0.15, 0.2) is 6.29 Å². The number of aryl methyl sites for hydroxylation is 1. The summed E-state index contributed by atoms with van der Waals surface area (Å²) in [4.78, 5) is 0. The van der Waals surface area contributed by atoms with Crippen molar-refractivity contribution in [2.45, 2.75) is 66.6 Å². The van der Waals surface area contributed by atoms with Crippen molar-refractivity contribution in [3.05, 3.63) is 41.0 Å². The number of hydrogen-bond donors (Lipinski definition) is 0. The Morgan fingerprint density at radius 1 is 1.24 bits per heavy atom. The van der Waals surface area contributed by atoms with Gasteiger partial charge in [-0.1, -0.05) is 30.7 Å². The molecule has 21 heavy (non-hydrogen) atoms. The number of rotatable bonds is 8. The fourth-order valence-electron chi connectivity index (χ4n) is 2.29. The number of allylic oxidation sites excluding steroid dienone is 2. The molecule has 0 radical (unpaired) electrons. The van der Waals surface area contributed by atoms with E-state index in [1.807, 2.05) is 13.8 Å². The molecular weight excluding hydrogens is 260 g/mol. The van der Waals surface area contributed by atoms with Crippen molar-refractivity contribution in [3.63, 3.8) is 0 Å². The first kappa shape index (κ1) is 17.8. The van der Waals surface area contributed by atoms with Crippen molar-refractivity contribution in [2.75, 3.05) is 6.61 Å². The number of ether oxygens (including phenoxy) is 2. The van der Waals surface area contributed by atoms with E-state index in [2.05, 4.69) is 52.0 Å². The summed E-state index contributed by atoms with van der Waals surface area (Å²) in [6, 6.07) is 6.51. The van der Waals surface area contributed by atoms with Crippen LogP contribution in [0.15, 0.2) is 29.8 Å². The summed E-state index contributed by atoms with van der Waals surface area (Å²) >= 11 is 0.